The summed E-state index contributed by atoms with van der Waals surface area (Å²) in [5.41, 5.74) is -0.280. The first-order valence-electron chi connectivity index (χ1n) is 7.68. The number of nitrogens with zero attached hydrogens (tertiary/aromatic N) is 2. The summed E-state index contributed by atoms with van der Waals surface area (Å²) < 4.78 is 47.1. The number of esters is 1. The second-order valence-electron chi connectivity index (χ2n) is 5.53. The van der Waals surface area contributed by atoms with Crippen molar-refractivity contribution in [3.63, 3.8) is 0 Å². The maximum Gasteiger partial charge on any atom is 0.416 e. The summed E-state index contributed by atoms with van der Waals surface area (Å²) in [6.45, 7) is 3.39. The van der Waals surface area contributed by atoms with E-state index in [1.165, 1.54) is 35.2 Å². The molecule has 132 valence electrons. The fraction of sp³-hybridized carbons (Fsp3) is 0.294. The van der Waals surface area contributed by atoms with Crippen molar-refractivity contribution in [3.05, 3.63) is 59.1 Å². The minimum absolute atomic E-state index is 0.0295. The zero-order valence-electron chi connectivity index (χ0n) is 13.6. The van der Waals surface area contributed by atoms with Crippen molar-refractivity contribution < 1.29 is 22.7 Å². The molecule has 1 aromatic heterocycles. The highest BCUT2D eigenvalue weighted by Gasteiger charge is 2.40. The zero-order valence-corrected chi connectivity index (χ0v) is 13.6. The molecule has 0 saturated carbocycles. The van der Waals surface area contributed by atoms with Crippen LogP contribution >= 0.6 is 0 Å². The van der Waals surface area contributed by atoms with E-state index in [1.54, 1.807) is 13.8 Å². The van der Waals surface area contributed by atoms with E-state index < -0.39 is 23.8 Å². The van der Waals surface area contributed by atoms with Crippen molar-refractivity contribution in [2.75, 3.05) is 11.9 Å². The van der Waals surface area contributed by atoms with Crippen molar-refractivity contribution in [3.8, 4) is 0 Å². The number of hydrogen-bond donors (Lipinski definition) is 1. The highest BCUT2D eigenvalue weighted by Crippen LogP contribution is 2.42. The van der Waals surface area contributed by atoms with Crippen LogP contribution < -0.4 is 5.32 Å². The molecule has 1 aliphatic heterocycles. The molecule has 1 unspecified atom stereocenters. The normalized spacial score (nSPS) is 17.1. The standard InChI is InChI=1S/C17H16F3N3O2/c1-3-25-15(24)13-10(2)22-16-21-8-9-23(16)14(13)11-6-4-5-7-12(11)17(18,19)20/h4-9,14H,3H2,1-2H3,(H,21,22). The number of rotatable bonds is 3. The Kier molecular flexibility index (Phi) is 4.28. The molecule has 1 N–H and O–H groups in total. The SMILES string of the molecule is CCOC(=O)C1=C(C)Nc2nccn2C1c1ccccc1C(F)(F)F. The highest BCUT2D eigenvalue weighted by atomic mass is 19.4. The lowest BCUT2D eigenvalue weighted by atomic mass is 9.91. The van der Waals surface area contributed by atoms with E-state index in [-0.39, 0.29) is 17.7 Å². The summed E-state index contributed by atoms with van der Waals surface area (Å²) in [5, 5.41) is 2.94. The Labute approximate surface area is 142 Å². The van der Waals surface area contributed by atoms with E-state index in [0.717, 1.165) is 6.07 Å². The number of carbonyl (C=O) groups excluding carboxylic acids is 1. The van der Waals surface area contributed by atoms with Gasteiger partial charge in [0.1, 0.15) is 0 Å². The van der Waals surface area contributed by atoms with Crippen LogP contribution in [0.1, 0.15) is 31.0 Å². The number of anilines is 1. The third kappa shape index (κ3) is 2.99. The molecule has 0 aliphatic carbocycles. The lowest BCUT2D eigenvalue weighted by Crippen LogP contribution is -2.30. The second-order valence-corrected chi connectivity index (χ2v) is 5.53. The van der Waals surface area contributed by atoms with Crippen LogP contribution in [0.2, 0.25) is 0 Å². The van der Waals surface area contributed by atoms with E-state index in [1.807, 2.05) is 0 Å². The number of carbonyl (C=O) groups is 1. The summed E-state index contributed by atoms with van der Waals surface area (Å²) in [7, 11) is 0. The summed E-state index contributed by atoms with van der Waals surface area (Å²) in [5.74, 6) is -0.290. The van der Waals surface area contributed by atoms with E-state index >= 15 is 0 Å². The maximum absolute atomic E-state index is 13.5. The quantitative estimate of drug-likeness (QED) is 0.856. The molecule has 5 nitrogen and oxygen atoms in total. The van der Waals surface area contributed by atoms with Crippen molar-refractivity contribution in [1.82, 2.24) is 9.55 Å². The van der Waals surface area contributed by atoms with Crippen molar-refractivity contribution in [2.45, 2.75) is 26.1 Å². The average Bonchev–Trinajstić information content (AvgIpc) is 3.00. The molecule has 0 fully saturated rings. The Hall–Kier alpha value is -2.77. The van der Waals surface area contributed by atoms with E-state index in [4.69, 9.17) is 4.74 Å². The number of benzene rings is 1. The predicted molar refractivity (Wildman–Crippen MR) is 84.8 cm³/mol. The number of imidazole rings is 1. The Balaban J connectivity index is 2.23. The number of allylic oxidation sites excluding steroid dienone is 1. The van der Waals surface area contributed by atoms with Crippen molar-refractivity contribution >= 4 is 11.9 Å². The van der Waals surface area contributed by atoms with Gasteiger partial charge in [0.2, 0.25) is 5.95 Å². The van der Waals surface area contributed by atoms with Crippen LogP contribution in [-0.4, -0.2) is 22.1 Å². The van der Waals surface area contributed by atoms with Gasteiger partial charge in [0.25, 0.3) is 0 Å². The Morgan fingerprint density at radius 1 is 1.36 bits per heavy atom. The van der Waals surface area contributed by atoms with Crippen molar-refractivity contribution in [1.29, 1.82) is 0 Å². The first-order valence-corrected chi connectivity index (χ1v) is 7.68. The van der Waals surface area contributed by atoms with E-state index in [9.17, 15) is 18.0 Å². The fourth-order valence-electron chi connectivity index (χ4n) is 2.97. The van der Waals surface area contributed by atoms with E-state index in [2.05, 4.69) is 10.3 Å². The smallest absolute Gasteiger partial charge is 0.416 e. The van der Waals surface area contributed by atoms with Crippen LogP contribution in [-0.2, 0) is 15.7 Å². The van der Waals surface area contributed by atoms with Gasteiger partial charge in [0.15, 0.2) is 0 Å². The number of aromatic nitrogens is 2. The number of ether oxygens (including phenoxy) is 1. The highest BCUT2D eigenvalue weighted by molar-refractivity contribution is 5.92. The van der Waals surface area contributed by atoms with Gasteiger partial charge in [0, 0.05) is 18.1 Å². The molecule has 0 bridgehead atoms. The van der Waals surface area contributed by atoms with Gasteiger partial charge in [-0.2, -0.15) is 13.2 Å². The minimum atomic E-state index is -4.55. The summed E-state index contributed by atoms with van der Waals surface area (Å²) in [6, 6.07) is 4.24. The molecule has 1 aromatic carbocycles. The third-order valence-electron chi connectivity index (χ3n) is 3.98. The molecule has 1 atom stereocenters. The summed E-state index contributed by atoms with van der Waals surface area (Å²) >= 11 is 0. The van der Waals surface area contributed by atoms with Gasteiger partial charge < -0.3 is 14.6 Å². The monoisotopic (exact) mass is 351 g/mol. The van der Waals surface area contributed by atoms with Crippen LogP contribution in [0.3, 0.4) is 0 Å². The molecular formula is C17H16F3N3O2. The molecule has 2 heterocycles. The van der Waals surface area contributed by atoms with Gasteiger partial charge in [-0.05, 0) is 25.5 Å². The van der Waals surface area contributed by atoms with Crippen LogP contribution in [0, 0.1) is 0 Å². The summed E-state index contributed by atoms with van der Waals surface area (Å²) in [4.78, 5) is 16.5. The molecule has 2 aromatic rings. The first-order chi connectivity index (χ1) is 11.8. The Bertz CT molecular complexity index is 840. The first kappa shape index (κ1) is 17.1. The number of hydrogen-bond acceptors (Lipinski definition) is 4. The Morgan fingerprint density at radius 2 is 2.08 bits per heavy atom. The van der Waals surface area contributed by atoms with Gasteiger partial charge in [-0.15, -0.1) is 0 Å². The van der Waals surface area contributed by atoms with Gasteiger partial charge in [-0.1, -0.05) is 18.2 Å². The molecule has 8 heteroatoms. The van der Waals surface area contributed by atoms with Gasteiger partial charge in [-0.25, -0.2) is 9.78 Å². The molecule has 3 rings (SSSR count). The predicted octanol–water partition coefficient (Wildman–Crippen LogP) is 3.75. The molecule has 25 heavy (non-hydrogen) atoms. The molecule has 1 aliphatic rings. The zero-order chi connectivity index (χ0) is 18.2. The van der Waals surface area contributed by atoms with Gasteiger partial charge in [-0.3, -0.25) is 0 Å². The Morgan fingerprint density at radius 3 is 2.76 bits per heavy atom. The molecule has 0 saturated heterocycles. The van der Waals surface area contributed by atoms with Crippen LogP contribution in [0.5, 0.6) is 0 Å². The molecule has 0 radical (unpaired) electrons. The molecule has 0 spiro atoms. The second kappa shape index (κ2) is 6.27. The topological polar surface area (TPSA) is 56.1 Å². The number of fused-ring (bicyclic) bond motifs is 1. The van der Waals surface area contributed by atoms with Crippen LogP contribution in [0.25, 0.3) is 0 Å². The minimum Gasteiger partial charge on any atom is -0.463 e. The van der Waals surface area contributed by atoms with Crippen molar-refractivity contribution in [2.24, 2.45) is 0 Å². The van der Waals surface area contributed by atoms with Crippen LogP contribution in [0.4, 0.5) is 19.1 Å². The number of nitrogens with one attached hydrogen (secondary N) is 1. The van der Waals surface area contributed by atoms with E-state index in [0.29, 0.717) is 11.6 Å². The molecular weight excluding hydrogens is 335 g/mol. The van der Waals surface area contributed by atoms with Gasteiger partial charge >= 0.3 is 12.1 Å². The van der Waals surface area contributed by atoms with Gasteiger partial charge in [0.05, 0.1) is 23.8 Å². The third-order valence-corrected chi connectivity index (χ3v) is 3.98. The van der Waals surface area contributed by atoms with Crippen LogP contribution in [0.15, 0.2) is 47.9 Å². The average molecular weight is 351 g/mol. The number of halogens is 3. The number of alkyl halides is 3. The largest absolute Gasteiger partial charge is 0.463 e. The summed E-state index contributed by atoms with van der Waals surface area (Å²) in [6.07, 6.45) is -1.55. The lowest BCUT2D eigenvalue weighted by molar-refractivity contribution is -0.141. The molecule has 0 amide bonds. The fourth-order valence-corrected chi connectivity index (χ4v) is 2.97. The lowest BCUT2D eigenvalue weighted by Gasteiger charge is -2.31. The maximum atomic E-state index is 13.5.